The van der Waals surface area contributed by atoms with E-state index >= 15 is 0 Å². The van der Waals surface area contributed by atoms with Gasteiger partial charge in [0.25, 0.3) is 10.0 Å². The van der Waals surface area contributed by atoms with E-state index in [9.17, 15) is 13.5 Å². The van der Waals surface area contributed by atoms with Gasteiger partial charge in [-0.25, -0.2) is 0 Å². The zero-order valence-electron chi connectivity index (χ0n) is 11.8. The molecule has 0 aliphatic rings. The molecular formula is C17H12BrNO3S. The second-order valence-corrected chi connectivity index (χ2v) is 7.43. The number of benzene rings is 3. The number of phenols is 1. The van der Waals surface area contributed by atoms with Crippen LogP contribution in [0, 0.1) is 0 Å². The maximum Gasteiger partial charge on any atom is 0.282 e. The van der Waals surface area contributed by atoms with Gasteiger partial charge in [0.2, 0.25) is 0 Å². The van der Waals surface area contributed by atoms with Crippen LogP contribution in [0.2, 0.25) is 0 Å². The fourth-order valence-corrected chi connectivity index (χ4v) is 3.47. The summed E-state index contributed by atoms with van der Waals surface area (Å²) in [6.45, 7) is 0. The van der Waals surface area contributed by atoms with Crippen molar-refractivity contribution < 1.29 is 13.5 Å². The van der Waals surface area contributed by atoms with Gasteiger partial charge >= 0.3 is 0 Å². The normalized spacial score (nSPS) is 12.0. The Morgan fingerprint density at radius 3 is 2.48 bits per heavy atom. The molecule has 0 aromatic heterocycles. The van der Waals surface area contributed by atoms with E-state index in [2.05, 4.69) is 20.3 Å². The van der Waals surface area contributed by atoms with Gasteiger partial charge in [-0.1, -0.05) is 46.3 Å². The monoisotopic (exact) mass is 389 g/mol. The fourth-order valence-electron chi connectivity index (χ4n) is 2.22. The van der Waals surface area contributed by atoms with Gasteiger partial charge in [-0.2, -0.15) is 12.8 Å². The summed E-state index contributed by atoms with van der Waals surface area (Å²) in [5.74, 6) is -0.0214. The smallest absolute Gasteiger partial charge is 0.282 e. The first-order valence-corrected chi connectivity index (χ1v) is 8.97. The van der Waals surface area contributed by atoms with Crippen molar-refractivity contribution in [3.05, 3.63) is 70.7 Å². The molecule has 3 aromatic carbocycles. The fraction of sp³-hybridized carbons (Fsp3) is 0. The highest BCUT2D eigenvalue weighted by molar-refractivity contribution is 9.10. The Morgan fingerprint density at radius 2 is 1.74 bits per heavy atom. The number of phenolic OH excluding ortho intramolecular Hbond substituents is 1. The quantitative estimate of drug-likeness (QED) is 0.685. The average Bonchev–Trinajstić information content (AvgIpc) is 2.55. The molecule has 1 N–H and O–H groups in total. The standard InChI is InChI=1S/C17H12BrNO3S/c18-13-7-8-15-12(10-13)6-9-17(20)16(15)11-19-23(21,22)14-4-2-1-3-5-14/h1-11,20H/b19-11-. The Balaban J connectivity index is 2.10. The first-order valence-electron chi connectivity index (χ1n) is 6.74. The summed E-state index contributed by atoms with van der Waals surface area (Å²) < 4.78 is 29.0. The lowest BCUT2D eigenvalue weighted by Gasteiger charge is -2.05. The summed E-state index contributed by atoms with van der Waals surface area (Å²) in [6, 6.07) is 16.8. The van der Waals surface area contributed by atoms with Gasteiger partial charge in [0.1, 0.15) is 5.75 Å². The summed E-state index contributed by atoms with van der Waals surface area (Å²) in [7, 11) is -3.80. The molecule has 0 aliphatic carbocycles. The molecule has 4 nitrogen and oxygen atoms in total. The van der Waals surface area contributed by atoms with Crippen LogP contribution in [0.25, 0.3) is 10.8 Å². The third kappa shape index (κ3) is 3.28. The van der Waals surface area contributed by atoms with Gasteiger partial charge in [-0.3, -0.25) is 0 Å². The summed E-state index contributed by atoms with van der Waals surface area (Å²) in [4.78, 5) is 0.110. The summed E-state index contributed by atoms with van der Waals surface area (Å²) in [5.41, 5.74) is 0.370. The second kappa shape index (κ2) is 6.14. The predicted molar refractivity (Wildman–Crippen MR) is 94.5 cm³/mol. The molecule has 23 heavy (non-hydrogen) atoms. The number of sulfonamides is 1. The minimum absolute atomic E-state index is 0.0214. The van der Waals surface area contributed by atoms with Crippen LogP contribution in [0.4, 0.5) is 0 Å². The van der Waals surface area contributed by atoms with Gasteiger partial charge in [0.15, 0.2) is 0 Å². The highest BCUT2D eigenvalue weighted by Gasteiger charge is 2.12. The minimum atomic E-state index is -3.80. The van der Waals surface area contributed by atoms with Crippen LogP contribution in [-0.2, 0) is 10.0 Å². The maximum atomic E-state index is 12.2. The van der Waals surface area contributed by atoms with E-state index in [1.165, 1.54) is 24.4 Å². The molecule has 0 aliphatic heterocycles. The molecule has 3 aromatic rings. The minimum Gasteiger partial charge on any atom is -0.507 e. The van der Waals surface area contributed by atoms with Gasteiger partial charge < -0.3 is 5.11 Å². The molecule has 116 valence electrons. The molecule has 0 fully saturated rings. The number of rotatable bonds is 3. The van der Waals surface area contributed by atoms with Crippen LogP contribution in [0.5, 0.6) is 5.75 Å². The van der Waals surface area contributed by atoms with Crippen LogP contribution in [0.15, 0.2) is 74.4 Å². The van der Waals surface area contributed by atoms with Crippen LogP contribution in [0.1, 0.15) is 5.56 Å². The van der Waals surface area contributed by atoms with E-state index in [-0.39, 0.29) is 10.6 Å². The van der Waals surface area contributed by atoms with Crippen molar-refractivity contribution in [3.63, 3.8) is 0 Å². The molecule has 6 heteroatoms. The molecule has 3 rings (SSSR count). The van der Waals surface area contributed by atoms with Crippen molar-refractivity contribution in [2.45, 2.75) is 4.90 Å². The molecule has 0 unspecified atom stereocenters. The Morgan fingerprint density at radius 1 is 1.00 bits per heavy atom. The second-order valence-electron chi connectivity index (χ2n) is 4.89. The van der Waals surface area contributed by atoms with E-state index < -0.39 is 10.0 Å². The van der Waals surface area contributed by atoms with Crippen LogP contribution in [-0.4, -0.2) is 19.7 Å². The lowest BCUT2D eigenvalue weighted by atomic mass is 10.0. The number of hydrogen-bond donors (Lipinski definition) is 1. The molecular weight excluding hydrogens is 378 g/mol. The van der Waals surface area contributed by atoms with Gasteiger partial charge in [-0.05, 0) is 41.1 Å². The molecule has 0 radical (unpaired) electrons. The zero-order chi connectivity index (χ0) is 16.4. The number of halogens is 1. The van der Waals surface area contributed by atoms with Crippen LogP contribution < -0.4 is 0 Å². The Labute approximate surface area is 142 Å². The molecule has 0 saturated heterocycles. The highest BCUT2D eigenvalue weighted by Crippen LogP contribution is 2.28. The van der Waals surface area contributed by atoms with Crippen molar-refractivity contribution in [2.75, 3.05) is 0 Å². The van der Waals surface area contributed by atoms with Crippen molar-refractivity contribution in [3.8, 4) is 5.75 Å². The van der Waals surface area contributed by atoms with Gasteiger partial charge in [0.05, 0.1) is 11.1 Å². The van der Waals surface area contributed by atoms with E-state index in [1.54, 1.807) is 30.3 Å². The Bertz CT molecular complexity index is 999. The largest absolute Gasteiger partial charge is 0.507 e. The zero-order valence-corrected chi connectivity index (χ0v) is 14.3. The Hall–Kier alpha value is -2.18. The molecule has 0 spiro atoms. The third-order valence-corrected chi connectivity index (χ3v) is 5.11. The van der Waals surface area contributed by atoms with Gasteiger partial charge in [0, 0.05) is 10.0 Å². The highest BCUT2D eigenvalue weighted by atomic mass is 79.9. The molecule has 0 heterocycles. The summed E-state index contributed by atoms with van der Waals surface area (Å²) in [6.07, 6.45) is 1.19. The van der Waals surface area contributed by atoms with Crippen LogP contribution >= 0.6 is 15.9 Å². The van der Waals surface area contributed by atoms with Crippen molar-refractivity contribution in [2.24, 2.45) is 4.40 Å². The van der Waals surface area contributed by atoms with Crippen molar-refractivity contribution >= 4 is 42.9 Å². The number of hydrogen-bond acceptors (Lipinski definition) is 3. The SMILES string of the molecule is O=S(=O)(/N=C\c1c(O)ccc2cc(Br)ccc12)c1ccccc1. The van der Waals surface area contributed by atoms with Crippen molar-refractivity contribution in [1.29, 1.82) is 0 Å². The number of nitrogens with zero attached hydrogens (tertiary/aromatic N) is 1. The summed E-state index contributed by atoms with van der Waals surface area (Å²) >= 11 is 3.38. The number of aromatic hydroxyl groups is 1. The van der Waals surface area contributed by atoms with E-state index in [0.717, 1.165) is 15.2 Å². The number of fused-ring (bicyclic) bond motifs is 1. The van der Waals surface area contributed by atoms with E-state index in [1.807, 2.05) is 12.1 Å². The average molecular weight is 390 g/mol. The van der Waals surface area contributed by atoms with Crippen LogP contribution in [0.3, 0.4) is 0 Å². The van der Waals surface area contributed by atoms with E-state index in [4.69, 9.17) is 0 Å². The Kier molecular flexibility index (Phi) is 4.19. The maximum absolute atomic E-state index is 12.2. The first-order chi connectivity index (χ1) is 11.0. The topological polar surface area (TPSA) is 66.7 Å². The third-order valence-electron chi connectivity index (χ3n) is 3.36. The van der Waals surface area contributed by atoms with E-state index in [0.29, 0.717) is 5.56 Å². The molecule has 0 amide bonds. The molecule has 0 bridgehead atoms. The van der Waals surface area contributed by atoms with Crippen molar-refractivity contribution in [1.82, 2.24) is 0 Å². The van der Waals surface area contributed by atoms with Gasteiger partial charge in [-0.15, -0.1) is 0 Å². The lowest BCUT2D eigenvalue weighted by Crippen LogP contribution is -1.98. The summed E-state index contributed by atoms with van der Waals surface area (Å²) in [5, 5.41) is 11.6. The lowest BCUT2D eigenvalue weighted by molar-refractivity contribution is 0.475. The predicted octanol–water partition coefficient (Wildman–Crippen LogP) is 4.12. The molecule has 0 saturated carbocycles. The first kappa shape index (κ1) is 15.7. The molecule has 0 atom stereocenters.